The van der Waals surface area contributed by atoms with Gasteiger partial charge < -0.3 is 0 Å². The summed E-state index contributed by atoms with van der Waals surface area (Å²) >= 11 is 3.37. The van der Waals surface area contributed by atoms with Crippen molar-refractivity contribution in [3.8, 4) is 0 Å². The Hall–Kier alpha value is -1.21. The van der Waals surface area contributed by atoms with Crippen molar-refractivity contribution in [2.45, 2.75) is 31.0 Å². The monoisotopic (exact) mass is 360 g/mol. The standard InChI is InChI=1S/C13H14BrFN2O2S/c1-3-17-12(13(14)9(2)16-17)8-20(18,19)11-6-4-10(15)5-7-11/h4-7H,3,8H2,1-2H3. The maximum absolute atomic E-state index is 12.9. The molecule has 108 valence electrons. The highest BCUT2D eigenvalue weighted by molar-refractivity contribution is 9.10. The van der Waals surface area contributed by atoms with Gasteiger partial charge in [0.15, 0.2) is 9.84 Å². The predicted octanol–water partition coefficient (Wildman–Crippen LogP) is 3.09. The molecule has 7 heteroatoms. The first-order valence-electron chi connectivity index (χ1n) is 6.05. The molecule has 0 aliphatic carbocycles. The lowest BCUT2D eigenvalue weighted by Crippen LogP contribution is -2.11. The molecule has 0 saturated carbocycles. The van der Waals surface area contributed by atoms with Gasteiger partial charge in [-0.15, -0.1) is 0 Å². The molecule has 0 radical (unpaired) electrons. The van der Waals surface area contributed by atoms with Crippen LogP contribution >= 0.6 is 15.9 Å². The molecule has 0 atom stereocenters. The summed E-state index contributed by atoms with van der Waals surface area (Å²) in [5.41, 5.74) is 1.35. The summed E-state index contributed by atoms with van der Waals surface area (Å²) in [7, 11) is -3.53. The van der Waals surface area contributed by atoms with Gasteiger partial charge in [-0.3, -0.25) is 4.68 Å². The summed E-state index contributed by atoms with van der Waals surface area (Å²) in [4.78, 5) is 0.104. The van der Waals surface area contributed by atoms with Crippen molar-refractivity contribution in [2.24, 2.45) is 0 Å². The Morgan fingerprint density at radius 2 is 1.90 bits per heavy atom. The molecule has 0 N–H and O–H groups in total. The molecule has 0 amide bonds. The molecule has 0 spiro atoms. The van der Waals surface area contributed by atoms with Gasteiger partial charge in [0, 0.05) is 6.54 Å². The van der Waals surface area contributed by atoms with Crippen LogP contribution < -0.4 is 0 Å². The fourth-order valence-corrected chi connectivity index (χ4v) is 3.89. The Bertz CT molecular complexity index is 724. The van der Waals surface area contributed by atoms with Gasteiger partial charge >= 0.3 is 0 Å². The van der Waals surface area contributed by atoms with Crippen LogP contribution in [0.5, 0.6) is 0 Å². The number of hydrogen-bond donors (Lipinski definition) is 0. The molecule has 1 aromatic carbocycles. The number of aryl methyl sites for hydroxylation is 2. The normalized spacial score (nSPS) is 11.8. The topological polar surface area (TPSA) is 52.0 Å². The summed E-state index contributed by atoms with van der Waals surface area (Å²) < 4.78 is 39.9. The van der Waals surface area contributed by atoms with Crippen molar-refractivity contribution in [3.63, 3.8) is 0 Å². The number of sulfone groups is 1. The van der Waals surface area contributed by atoms with Gasteiger partial charge in [0.05, 0.1) is 26.5 Å². The fourth-order valence-electron chi connectivity index (χ4n) is 1.91. The molecule has 1 heterocycles. The Balaban J connectivity index is 2.40. The molecule has 4 nitrogen and oxygen atoms in total. The lowest BCUT2D eigenvalue weighted by Gasteiger charge is -2.07. The average Bonchev–Trinajstić information content (AvgIpc) is 2.66. The van der Waals surface area contributed by atoms with Crippen LogP contribution in [-0.4, -0.2) is 18.2 Å². The minimum absolute atomic E-state index is 0.104. The van der Waals surface area contributed by atoms with Gasteiger partial charge in [0.2, 0.25) is 0 Å². The largest absolute Gasteiger partial charge is 0.267 e. The van der Waals surface area contributed by atoms with E-state index in [1.807, 2.05) is 13.8 Å². The van der Waals surface area contributed by atoms with E-state index in [0.29, 0.717) is 16.7 Å². The summed E-state index contributed by atoms with van der Waals surface area (Å²) in [6, 6.07) is 4.84. The molecule has 0 aliphatic rings. The van der Waals surface area contributed by atoms with Crippen molar-refractivity contribution in [3.05, 3.63) is 45.9 Å². The molecule has 2 rings (SSSR count). The summed E-state index contributed by atoms with van der Waals surface area (Å²) in [5.74, 6) is -0.631. The molecule has 20 heavy (non-hydrogen) atoms. The highest BCUT2D eigenvalue weighted by Gasteiger charge is 2.21. The summed E-state index contributed by atoms with van der Waals surface area (Å²) in [6.07, 6.45) is 0. The van der Waals surface area contributed by atoms with Crippen molar-refractivity contribution < 1.29 is 12.8 Å². The van der Waals surface area contributed by atoms with Crippen LogP contribution in [-0.2, 0) is 22.1 Å². The van der Waals surface area contributed by atoms with Crippen molar-refractivity contribution in [2.75, 3.05) is 0 Å². The van der Waals surface area contributed by atoms with E-state index in [4.69, 9.17) is 0 Å². The second kappa shape index (κ2) is 5.65. The van der Waals surface area contributed by atoms with Crippen LogP contribution in [0.2, 0.25) is 0 Å². The smallest absolute Gasteiger partial charge is 0.184 e. The van der Waals surface area contributed by atoms with E-state index in [1.54, 1.807) is 4.68 Å². The number of aromatic nitrogens is 2. The minimum Gasteiger partial charge on any atom is -0.267 e. The Morgan fingerprint density at radius 1 is 1.30 bits per heavy atom. The van der Waals surface area contributed by atoms with E-state index in [2.05, 4.69) is 21.0 Å². The highest BCUT2D eigenvalue weighted by Crippen LogP contribution is 2.25. The van der Waals surface area contributed by atoms with Gasteiger partial charge in [0.25, 0.3) is 0 Å². The number of nitrogens with zero attached hydrogens (tertiary/aromatic N) is 2. The Morgan fingerprint density at radius 3 is 2.45 bits per heavy atom. The van der Waals surface area contributed by atoms with E-state index >= 15 is 0 Å². The van der Waals surface area contributed by atoms with E-state index < -0.39 is 15.7 Å². The third-order valence-corrected chi connectivity index (χ3v) is 5.63. The predicted molar refractivity (Wildman–Crippen MR) is 77.6 cm³/mol. The zero-order valence-corrected chi connectivity index (χ0v) is 13.5. The molecule has 0 unspecified atom stereocenters. The molecular weight excluding hydrogens is 347 g/mol. The van der Waals surface area contributed by atoms with E-state index in [1.165, 1.54) is 12.1 Å². The SMILES string of the molecule is CCn1nc(C)c(Br)c1CS(=O)(=O)c1ccc(F)cc1. The van der Waals surface area contributed by atoms with Crippen LogP contribution in [0.3, 0.4) is 0 Å². The molecule has 0 fully saturated rings. The van der Waals surface area contributed by atoms with E-state index in [0.717, 1.165) is 17.8 Å². The Labute approximate surface area is 125 Å². The first-order valence-corrected chi connectivity index (χ1v) is 8.49. The fraction of sp³-hybridized carbons (Fsp3) is 0.308. The summed E-state index contributed by atoms with van der Waals surface area (Å²) in [6.45, 7) is 4.29. The average molecular weight is 361 g/mol. The van der Waals surface area contributed by atoms with Gasteiger partial charge in [-0.05, 0) is 54.0 Å². The number of rotatable bonds is 4. The molecule has 0 aliphatic heterocycles. The first kappa shape index (κ1) is 15.2. The lowest BCUT2D eigenvalue weighted by atomic mass is 10.3. The molecule has 1 aromatic heterocycles. The van der Waals surface area contributed by atoms with Gasteiger partial charge in [-0.1, -0.05) is 0 Å². The second-order valence-corrected chi connectivity index (χ2v) is 7.16. The quantitative estimate of drug-likeness (QED) is 0.787. The zero-order chi connectivity index (χ0) is 14.9. The van der Waals surface area contributed by atoms with E-state index in [9.17, 15) is 12.8 Å². The highest BCUT2D eigenvalue weighted by atomic mass is 79.9. The number of hydrogen-bond acceptors (Lipinski definition) is 3. The van der Waals surface area contributed by atoms with Gasteiger partial charge in [0.1, 0.15) is 5.82 Å². The van der Waals surface area contributed by atoms with Crippen LogP contribution in [0.15, 0.2) is 33.6 Å². The first-order chi connectivity index (χ1) is 9.35. The maximum Gasteiger partial charge on any atom is 0.184 e. The third-order valence-electron chi connectivity index (χ3n) is 2.95. The van der Waals surface area contributed by atoms with Crippen LogP contribution in [0, 0.1) is 12.7 Å². The summed E-state index contributed by atoms with van der Waals surface area (Å²) in [5, 5.41) is 4.27. The number of halogens is 2. The second-order valence-electron chi connectivity index (χ2n) is 4.37. The van der Waals surface area contributed by atoms with Crippen molar-refractivity contribution >= 4 is 25.8 Å². The molecular formula is C13H14BrFN2O2S. The minimum atomic E-state index is -3.53. The number of benzene rings is 1. The molecule has 0 saturated heterocycles. The molecule has 2 aromatic rings. The molecule has 0 bridgehead atoms. The zero-order valence-electron chi connectivity index (χ0n) is 11.1. The van der Waals surface area contributed by atoms with E-state index in [-0.39, 0.29) is 10.6 Å². The van der Waals surface area contributed by atoms with Crippen molar-refractivity contribution in [1.82, 2.24) is 9.78 Å². The Kier molecular flexibility index (Phi) is 4.29. The maximum atomic E-state index is 12.9. The third kappa shape index (κ3) is 2.93. The van der Waals surface area contributed by atoms with Gasteiger partial charge in [-0.25, -0.2) is 12.8 Å². The van der Waals surface area contributed by atoms with Crippen LogP contribution in [0.1, 0.15) is 18.3 Å². The lowest BCUT2D eigenvalue weighted by molar-refractivity contribution is 0.584. The van der Waals surface area contributed by atoms with Crippen LogP contribution in [0.25, 0.3) is 0 Å². The van der Waals surface area contributed by atoms with Gasteiger partial charge in [-0.2, -0.15) is 5.10 Å². The van der Waals surface area contributed by atoms with Crippen LogP contribution in [0.4, 0.5) is 4.39 Å². The van der Waals surface area contributed by atoms with Crippen molar-refractivity contribution in [1.29, 1.82) is 0 Å².